The highest BCUT2D eigenvalue weighted by Crippen LogP contribution is 2.26. The first-order valence-electron chi connectivity index (χ1n) is 7.03. The van der Waals surface area contributed by atoms with Crippen LogP contribution < -0.4 is 4.74 Å². The number of H-pyrrole nitrogens is 1. The molecule has 0 saturated carbocycles. The number of nitriles is 1. The van der Waals surface area contributed by atoms with Crippen molar-refractivity contribution in [1.29, 1.82) is 5.26 Å². The maximum atomic E-state index is 9.11. The lowest BCUT2D eigenvalue weighted by atomic mass is 10.1. The van der Waals surface area contributed by atoms with Crippen molar-refractivity contribution in [3.05, 3.63) is 53.6 Å². The van der Waals surface area contributed by atoms with E-state index >= 15 is 0 Å². The number of rotatable bonds is 5. The Hall–Kier alpha value is -2.45. The summed E-state index contributed by atoms with van der Waals surface area (Å²) >= 11 is 1.59. The Labute approximate surface area is 133 Å². The monoisotopic (exact) mass is 309 g/mol. The number of aromatic amines is 1. The molecule has 0 bridgehead atoms. The molecule has 3 rings (SSSR count). The fourth-order valence-corrected chi connectivity index (χ4v) is 3.08. The average Bonchev–Trinajstić information content (AvgIpc) is 2.95. The first-order valence-corrected chi connectivity index (χ1v) is 8.02. The third kappa shape index (κ3) is 3.07. The highest BCUT2D eigenvalue weighted by molar-refractivity contribution is 7.98. The zero-order valence-corrected chi connectivity index (χ0v) is 13.0. The van der Waals surface area contributed by atoms with Gasteiger partial charge in [-0.05, 0) is 30.7 Å². The summed E-state index contributed by atoms with van der Waals surface area (Å²) in [6.07, 6.45) is 0. The SMILES string of the molecule is CCOc1ccc2nc(SCc3ccccc3C#N)[nH]c2c1. The Morgan fingerprint density at radius 1 is 1.27 bits per heavy atom. The molecule has 4 nitrogen and oxygen atoms in total. The number of ether oxygens (including phenoxy) is 1. The topological polar surface area (TPSA) is 61.7 Å². The number of aromatic nitrogens is 2. The molecule has 0 saturated heterocycles. The first-order chi connectivity index (χ1) is 10.8. The maximum Gasteiger partial charge on any atom is 0.166 e. The molecule has 3 aromatic rings. The third-order valence-corrected chi connectivity index (χ3v) is 4.17. The van der Waals surface area contributed by atoms with Gasteiger partial charge >= 0.3 is 0 Å². The summed E-state index contributed by atoms with van der Waals surface area (Å²) in [6, 6.07) is 15.7. The highest BCUT2D eigenvalue weighted by atomic mass is 32.2. The van der Waals surface area contributed by atoms with Crippen LogP contribution in [0.5, 0.6) is 5.75 Å². The van der Waals surface area contributed by atoms with E-state index in [1.807, 2.05) is 49.4 Å². The minimum atomic E-state index is 0.645. The molecule has 0 aliphatic carbocycles. The Bertz CT molecular complexity index is 835. The van der Waals surface area contributed by atoms with Crippen LogP contribution in [-0.2, 0) is 5.75 Å². The van der Waals surface area contributed by atoms with Gasteiger partial charge in [0, 0.05) is 11.8 Å². The van der Waals surface area contributed by atoms with Crippen molar-refractivity contribution in [2.75, 3.05) is 6.61 Å². The van der Waals surface area contributed by atoms with Gasteiger partial charge in [0.15, 0.2) is 5.16 Å². The minimum Gasteiger partial charge on any atom is -0.494 e. The van der Waals surface area contributed by atoms with Crippen molar-refractivity contribution in [3.8, 4) is 11.8 Å². The van der Waals surface area contributed by atoms with Crippen molar-refractivity contribution in [2.45, 2.75) is 17.8 Å². The molecule has 22 heavy (non-hydrogen) atoms. The van der Waals surface area contributed by atoms with Gasteiger partial charge in [-0.2, -0.15) is 5.26 Å². The summed E-state index contributed by atoms with van der Waals surface area (Å²) in [7, 11) is 0. The van der Waals surface area contributed by atoms with Gasteiger partial charge in [0.25, 0.3) is 0 Å². The summed E-state index contributed by atoms with van der Waals surface area (Å²) in [6.45, 7) is 2.61. The predicted octanol–water partition coefficient (Wildman–Crippen LogP) is 4.13. The lowest BCUT2D eigenvalue weighted by molar-refractivity contribution is 0.340. The Kier molecular flexibility index (Phi) is 4.31. The molecule has 0 atom stereocenters. The normalized spacial score (nSPS) is 10.5. The number of thioether (sulfide) groups is 1. The zero-order chi connectivity index (χ0) is 15.4. The quantitative estimate of drug-likeness (QED) is 0.720. The van der Waals surface area contributed by atoms with Gasteiger partial charge in [-0.3, -0.25) is 0 Å². The molecular formula is C17H15N3OS. The molecule has 0 spiro atoms. The molecule has 1 N–H and O–H groups in total. The van der Waals surface area contributed by atoms with E-state index in [-0.39, 0.29) is 0 Å². The largest absolute Gasteiger partial charge is 0.494 e. The van der Waals surface area contributed by atoms with E-state index in [0.717, 1.165) is 27.5 Å². The summed E-state index contributed by atoms with van der Waals surface area (Å²) in [5.41, 5.74) is 3.61. The van der Waals surface area contributed by atoms with Crippen LogP contribution in [0.25, 0.3) is 11.0 Å². The van der Waals surface area contributed by atoms with Gasteiger partial charge in [-0.15, -0.1) is 0 Å². The summed E-state index contributed by atoms with van der Waals surface area (Å²) < 4.78 is 5.49. The highest BCUT2D eigenvalue weighted by Gasteiger charge is 2.07. The van der Waals surface area contributed by atoms with E-state index in [2.05, 4.69) is 16.0 Å². The number of nitrogens with zero attached hydrogens (tertiary/aromatic N) is 2. The van der Waals surface area contributed by atoms with E-state index in [4.69, 9.17) is 10.00 Å². The number of fused-ring (bicyclic) bond motifs is 1. The van der Waals surface area contributed by atoms with Crippen LogP contribution in [0.1, 0.15) is 18.1 Å². The van der Waals surface area contributed by atoms with Gasteiger partial charge in [0.05, 0.1) is 29.3 Å². The maximum absolute atomic E-state index is 9.11. The molecule has 0 aliphatic heterocycles. The molecule has 1 aromatic heterocycles. The van der Waals surface area contributed by atoms with Crippen LogP contribution in [0.4, 0.5) is 0 Å². The van der Waals surface area contributed by atoms with E-state index in [0.29, 0.717) is 17.9 Å². The number of hydrogen-bond donors (Lipinski definition) is 1. The predicted molar refractivity (Wildman–Crippen MR) is 88.0 cm³/mol. The van der Waals surface area contributed by atoms with Crippen molar-refractivity contribution >= 4 is 22.8 Å². The molecule has 5 heteroatoms. The van der Waals surface area contributed by atoms with Crippen molar-refractivity contribution in [1.82, 2.24) is 9.97 Å². The number of nitrogens with one attached hydrogen (secondary N) is 1. The Morgan fingerprint density at radius 2 is 2.14 bits per heavy atom. The van der Waals surface area contributed by atoms with Crippen LogP contribution in [-0.4, -0.2) is 16.6 Å². The van der Waals surface area contributed by atoms with Crippen LogP contribution in [0.3, 0.4) is 0 Å². The fourth-order valence-electron chi connectivity index (χ4n) is 2.19. The fraction of sp³-hybridized carbons (Fsp3) is 0.176. The van der Waals surface area contributed by atoms with Crippen LogP contribution >= 0.6 is 11.8 Å². The van der Waals surface area contributed by atoms with E-state index in [1.165, 1.54) is 0 Å². The second-order valence-corrected chi connectivity index (χ2v) is 5.68. The molecule has 0 amide bonds. The van der Waals surface area contributed by atoms with Crippen molar-refractivity contribution < 1.29 is 4.74 Å². The average molecular weight is 309 g/mol. The van der Waals surface area contributed by atoms with E-state index < -0.39 is 0 Å². The van der Waals surface area contributed by atoms with Gasteiger partial charge in [-0.1, -0.05) is 30.0 Å². The minimum absolute atomic E-state index is 0.645. The summed E-state index contributed by atoms with van der Waals surface area (Å²) in [5, 5.41) is 9.96. The molecule has 0 radical (unpaired) electrons. The molecular weight excluding hydrogens is 294 g/mol. The Balaban J connectivity index is 1.78. The van der Waals surface area contributed by atoms with Gasteiger partial charge < -0.3 is 9.72 Å². The number of imidazole rings is 1. The number of benzene rings is 2. The standard InChI is InChI=1S/C17H15N3OS/c1-2-21-14-7-8-15-16(9-14)20-17(19-15)22-11-13-6-4-3-5-12(13)10-18/h3-9H,2,11H2,1H3,(H,19,20). The molecule has 0 aliphatic rings. The van der Waals surface area contributed by atoms with E-state index in [1.54, 1.807) is 11.8 Å². The van der Waals surface area contributed by atoms with Crippen molar-refractivity contribution in [3.63, 3.8) is 0 Å². The lowest BCUT2D eigenvalue weighted by Crippen LogP contribution is -1.90. The molecule has 0 unspecified atom stereocenters. The smallest absolute Gasteiger partial charge is 0.166 e. The van der Waals surface area contributed by atoms with Crippen LogP contribution in [0.15, 0.2) is 47.6 Å². The van der Waals surface area contributed by atoms with Gasteiger partial charge in [0.1, 0.15) is 5.75 Å². The molecule has 1 heterocycles. The van der Waals surface area contributed by atoms with Crippen molar-refractivity contribution in [2.24, 2.45) is 0 Å². The van der Waals surface area contributed by atoms with Crippen LogP contribution in [0, 0.1) is 11.3 Å². The lowest BCUT2D eigenvalue weighted by Gasteiger charge is -2.01. The summed E-state index contributed by atoms with van der Waals surface area (Å²) in [5.74, 6) is 1.55. The van der Waals surface area contributed by atoms with E-state index in [9.17, 15) is 0 Å². The number of hydrogen-bond acceptors (Lipinski definition) is 4. The second-order valence-electron chi connectivity index (χ2n) is 4.71. The zero-order valence-electron chi connectivity index (χ0n) is 12.2. The molecule has 0 fully saturated rings. The second kappa shape index (κ2) is 6.54. The van der Waals surface area contributed by atoms with Gasteiger partial charge in [-0.25, -0.2) is 4.98 Å². The Morgan fingerprint density at radius 3 is 2.95 bits per heavy atom. The summed E-state index contributed by atoms with van der Waals surface area (Å²) in [4.78, 5) is 7.84. The first kappa shape index (κ1) is 14.5. The van der Waals surface area contributed by atoms with Gasteiger partial charge in [0.2, 0.25) is 0 Å². The van der Waals surface area contributed by atoms with Crippen LogP contribution in [0.2, 0.25) is 0 Å². The molecule has 2 aromatic carbocycles. The third-order valence-electron chi connectivity index (χ3n) is 3.24. The molecule has 110 valence electrons.